The van der Waals surface area contributed by atoms with Crippen LogP contribution in [0.25, 0.3) is 0 Å². The number of fused-ring (bicyclic) bond motifs is 2. The molecule has 146 valence electrons. The number of phenolic OH excluding ortho intramolecular Hbond substituents is 1. The number of nitrogens with zero attached hydrogens (tertiary/aromatic N) is 1. The van der Waals surface area contributed by atoms with Gasteiger partial charge in [-0.25, -0.2) is 0 Å². The second kappa shape index (κ2) is 6.67. The van der Waals surface area contributed by atoms with E-state index in [1.54, 1.807) is 31.2 Å². The van der Waals surface area contributed by atoms with E-state index in [0.717, 1.165) is 5.69 Å². The topological polar surface area (TPSA) is 92.9 Å². The van der Waals surface area contributed by atoms with Gasteiger partial charge in [0.15, 0.2) is 17.3 Å². The van der Waals surface area contributed by atoms with Gasteiger partial charge in [-0.1, -0.05) is 24.3 Å². The number of aryl methyl sites for hydroxylation is 1. The van der Waals surface area contributed by atoms with E-state index in [-0.39, 0.29) is 33.9 Å². The van der Waals surface area contributed by atoms with Gasteiger partial charge in [0, 0.05) is 43.0 Å². The van der Waals surface area contributed by atoms with Gasteiger partial charge < -0.3 is 20.5 Å². The smallest absolute Gasteiger partial charge is 0.198 e. The third kappa shape index (κ3) is 2.89. The first kappa shape index (κ1) is 18.6. The number of ether oxygens (including phenoxy) is 1. The number of hydrogen-bond acceptors (Lipinski definition) is 6. The maximum Gasteiger partial charge on any atom is 0.198 e. The molecule has 0 amide bonds. The number of carbonyl (C=O) groups excluding carboxylic acids is 2. The van der Waals surface area contributed by atoms with Crippen molar-refractivity contribution in [3.63, 3.8) is 0 Å². The van der Waals surface area contributed by atoms with Crippen LogP contribution in [0.2, 0.25) is 0 Å². The SMILES string of the molecule is Cc1cccc2c1C(=O)c1c(N)c(Oc3cccc(N(C)C)c3)cc(O)c1C2=O. The summed E-state index contributed by atoms with van der Waals surface area (Å²) < 4.78 is 5.87. The molecular weight excluding hydrogens is 368 g/mol. The summed E-state index contributed by atoms with van der Waals surface area (Å²) in [4.78, 5) is 28.1. The van der Waals surface area contributed by atoms with Crippen molar-refractivity contribution in [3.05, 3.63) is 76.3 Å². The van der Waals surface area contributed by atoms with Crippen LogP contribution in [-0.4, -0.2) is 30.8 Å². The van der Waals surface area contributed by atoms with Crippen molar-refractivity contribution in [2.45, 2.75) is 6.92 Å². The quantitative estimate of drug-likeness (QED) is 0.408. The van der Waals surface area contributed by atoms with Gasteiger partial charge in [0.25, 0.3) is 0 Å². The summed E-state index contributed by atoms with van der Waals surface area (Å²) in [6.07, 6.45) is 0. The highest BCUT2D eigenvalue weighted by atomic mass is 16.5. The molecule has 0 aromatic heterocycles. The average molecular weight is 388 g/mol. The predicted molar refractivity (Wildman–Crippen MR) is 111 cm³/mol. The van der Waals surface area contributed by atoms with Crippen LogP contribution in [0.3, 0.4) is 0 Å². The number of nitrogen functional groups attached to an aromatic ring is 1. The van der Waals surface area contributed by atoms with Gasteiger partial charge in [-0.3, -0.25) is 9.59 Å². The van der Waals surface area contributed by atoms with Crippen LogP contribution in [0, 0.1) is 6.92 Å². The number of nitrogens with two attached hydrogens (primary N) is 1. The molecule has 29 heavy (non-hydrogen) atoms. The Kier molecular flexibility index (Phi) is 4.27. The van der Waals surface area contributed by atoms with Gasteiger partial charge in [-0.15, -0.1) is 0 Å². The molecule has 3 aromatic rings. The van der Waals surface area contributed by atoms with Crippen LogP contribution in [-0.2, 0) is 0 Å². The molecule has 0 saturated carbocycles. The molecule has 1 aliphatic carbocycles. The van der Waals surface area contributed by atoms with Crippen LogP contribution < -0.4 is 15.4 Å². The fourth-order valence-electron chi connectivity index (χ4n) is 3.58. The third-order valence-electron chi connectivity index (χ3n) is 5.07. The first-order chi connectivity index (χ1) is 13.8. The monoisotopic (exact) mass is 388 g/mol. The van der Waals surface area contributed by atoms with Crippen LogP contribution in [0.4, 0.5) is 11.4 Å². The predicted octanol–water partition coefficient (Wildman–Crippen LogP) is 3.92. The largest absolute Gasteiger partial charge is 0.507 e. The van der Waals surface area contributed by atoms with Crippen molar-refractivity contribution in [1.29, 1.82) is 0 Å². The zero-order valence-corrected chi connectivity index (χ0v) is 16.3. The molecule has 3 N–H and O–H groups in total. The fraction of sp³-hybridized carbons (Fsp3) is 0.130. The first-order valence-electron chi connectivity index (χ1n) is 9.09. The van der Waals surface area contributed by atoms with Crippen molar-refractivity contribution in [3.8, 4) is 17.2 Å². The highest BCUT2D eigenvalue weighted by Gasteiger charge is 2.36. The molecule has 0 aliphatic heterocycles. The molecule has 3 aromatic carbocycles. The lowest BCUT2D eigenvalue weighted by Gasteiger charge is -2.23. The Morgan fingerprint density at radius 3 is 2.38 bits per heavy atom. The number of carbonyl (C=O) groups is 2. The van der Waals surface area contributed by atoms with Gasteiger partial charge >= 0.3 is 0 Å². The highest BCUT2D eigenvalue weighted by Crippen LogP contribution is 2.43. The lowest BCUT2D eigenvalue weighted by Crippen LogP contribution is -2.23. The van der Waals surface area contributed by atoms with Crippen molar-refractivity contribution < 1.29 is 19.4 Å². The van der Waals surface area contributed by atoms with Crippen molar-refractivity contribution in [2.75, 3.05) is 24.7 Å². The van der Waals surface area contributed by atoms with Crippen molar-refractivity contribution >= 4 is 22.9 Å². The molecular formula is C23H20N2O4. The number of benzene rings is 3. The maximum atomic E-state index is 13.2. The molecule has 6 heteroatoms. The van der Waals surface area contributed by atoms with Gasteiger partial charge in [-0.05, 0) is 24.6 Å². The second-order valence-electron chi connectivity index (χ2n) is 7.21. The van der Waals surface area contributed by atoms with Gasteiger partial charge in [-0.2, -0.15) is 0 Å². The van der Waals surface area contributed by atoms with E-state index in [1.165, 1.54) is 6.07 Å². The van der Waals surface area contributed by atoms with E-state index in [4.69, 9.17) is 10.5 Å². The summed E-state index contributed by atoms with van der Waals surface area (Å²) in [7, 11) is 3.81. The Bertz CT molecular complexity index is 1180. The molecule has 0 radical (unpaired) electrons. The minimum Gasteiger partial charge on any atom is -0.507 e. The molecule has 0 spiro atoms. The zero-order valence-electron chi connectivity index (χ0n) is 16.3. The molecule has 4 rings (SSSR count). The van der Waals surface area contributed by atoms with Crippen molar-refractivity contribution in [2.24, 2.45) is 0 Å². The molecule has 0 saturated heterocycles. The lowest BCUT2D eigenvalue weighted by atomic mass is 9.80. The van der Waals surface area contributed by atoms with E-state index in [1.807, 2.05) is 37.2 Å². The van der Waals surface area contributed by atoms with Gasteiger partial charge in [0.05, 0.1) is 16.8 Å². The number of rotatable bonds is 3. The molecule has 0 heterocycles. The Hall–Kier alpha value is -3.80. The number of hydrogen-bond donors (Lipinski definition) is 2. The summed E-state index contributed by atoms with van der Waals surface area (Å²) >= 11 is 0. The van der Waals surface area contributed by atoms with E-state index >= 15 is 0 Å². The summed E-state index contributed by atoms with van der Waals surface area (Å²) in [5.74, 6) is -0.543. The minimum absolute atomic E-state index is 0.0180. The molecule has 1 aliphatic rings. The summed E-state index contributed by atoms with van der Waals surface area (Å²) in [5, 5.41) is 10.5. The highest BCUT2D eigenvalue weighted by molar-refractivity contribution is 6.31. The van der Waals surface area contributed by atoms with Crippen LogP contribution in [0.15, 0.2) is 48.5 Å². The van der Waals surface area contributed by atoms with Gasteiger partial charge in [0.2, 0.25) is 0 Å². The van der Waals surface area contributed by atoms with Crippen LogP contribution >= 0.6 is 0 Å². The fourth-order valence-corrected chi connectivity index (χ4v) is 3.58. The Balaban J connectivity index is 1.85. The summed E-state index contributed by atoms with van der Waals surface area (Å²) in [5.41, 5.74) is 8.35. The lowest BCUT2D eigenvalue weighted by molar-refractivity contribution is 0.0976. The standard InChI is InChI=1S/C23H20N2O4/c1-12-6-4-9-15-18(12)23(28)20-19(22(15)27)16(26)11-17(21(20)24)29-14-8-5-7-13(10-14)25(2)3/h4-11,26H,24H2,1-3H3. The Labute approximate surface area is 168 Å². The number of phenols is 1. The molecule has 0 unspecified atom stereocenters. The van der Waals surface area contributed by atoms with E-state index in [0.29, 0.717) is 16.9 Å². The van der Waals surface area contributed by atoms with E-state index in [2.05, 4.69) is 0 Å². The molecule has 0 fully saturated rings. The van der Waals surface area contributed by atoms with Gasteiger partial charge in [0.1, 0.15) is 11.5 Å². The first-order valence-corrected chi connectivity index (χ1v) is 9.09. The Morgan fingerprint density at radius 2 is 1.66 bits per heavy atom. The molecule has 0 bridgehead atoms. The molecule has 6 nitrogen and oxygen atoms in total. The second-order valence-corrected chi connectivity index (χ2v) is 7.21. The zero-order chi connectivity index (χ0) is 20.9. The normalized spacial score (nSPS) is 12.4. The van der Waals surface area contributed by atoms with E-state index < -0.39 is 11.6 Å². The van der Waals surface area contributed by atoms with Crippen molar-refractivity contribution in [1.82, 2.24) is 0 Å². The summed E-state index contributed by atoms with van der Waals surface area (Å²) in [6.45, 7) is 1.76. The maximum absolute atomic E-state index is 13.2. The number of anilines is 2. The third-order valence-corrected chi connectivity index (χ3v) is 5.07. The summed E-state index contributed by atoms with van der Waals surface area (Å²) in [6, 6.07) is 13.6. The average Bonchev–Trinajstić information content (AvgIpc) is 2.68. The molecule has 0 atom stereocenters. The minimum atomic E-state index is -0.427. The Morgan fingerprint density at radius 1 is 0.931 bits per heavy atom. The van der Waals surface area contributed by atoms with E-state index in [9.17, 15) is 14.7 Å². The van der Waals surface area contributed by atoms with Crippen LogP contribution in [0.5, 0.6) is 17.2 Å². The number of ketones is 2. The van der Waals surface area contributed by atoms with Crippen LogP contribution in [0.1, 0.15) is 37.4 Å². The number of aromatic hydroxyl groups is 1.